The Morgan fingerprint density at radius 2 is 2.00 bits per heavy atom. The van der Waals surface area contributed by atoms with E-state index in [0.717, 1.165) is 42.8 Å². The number of nitrogens with two attached hydrogens (primary N) is 1. The summed E-state index contributed by atoms with van der Waals surface area (Å²) in [6, 6.07) is 6.51. The Morgan fingerprint density at radius 3 is 2.78 bits per heavy atom. The van der Waals surface area contributed by atoms with Crippen LogP contribution in [-0.2, 0) is 0 Å². The average Bonchev–Trinajstić information content (AvgIpc) is 3.21. The van der Waals surface area contributed by atoms with Gasteiger partial charge in [0.25, 0.3) is 0 Å². The summed E-state index contributed by atoms with van der Waals surface area (Å²) in [5.41, 5.74) is 6.11. The highest BCUT2D eigenvalue weighted by atomic mass is 32.2. The van der Waals surface area contributed by atoms with Gasteiger partial charge in [-0.25, -0.2) is 0 Å². The molecule has 4 heteroatoms. The predicted molar refractivity (Wildman–Crippen MR) is 73.5 cm³/mol. The van der Waals surface area contributed by atoms with Gasteiger partial charge < -0.3 is 15.2 Å². The molecule has 2 N–H and O–H groups in total. The fraction of sp³-hybridized carbons (Fsp3) is 0.571. The van der Waals surface area contributed by atoms with Crippen LogP contribution in [0.3, 0.4) is 0 Å². The quantitative estimate of drug-likeness (QED) is 0.850. The summed E-state index contributed by atoms with van der Waals surface area (Å²) in [6.45, 7) is 1.48. The van der Waals surface area contributed by atoms with Crippen LogP contribution in [0.5, 0.6) is 11.5 Å². The van der Waals surface area contributed by atoms with Gasteiger partial charge in [0.1, 0.15) is 0 Å². The van der Waals surface area contributed by atoms with Gasteiger partial charge >= 0.3 is 0 Å². The molecule has 0 saturated heterocycles. The second-order valence-electron chi connectivity index (χ2n) is 4.97. The summed E-state index contributed by atoms with van der Waals surface area (Å²) in [4.78, 5) is 1.22. The van der Waals surface area contributed by atoms with Crippen LogP contribution in [0.15, 0.2) is 23.1 Å². The average molecular weight is 265 g/mol. The van der Waals surface area contributed by atoms with E-state index in [1.807, 2.05) is 17.8 Å². The van der Waals surface area contributed by atoms with Crippen LogP contribution in [0.2, 0.25) is 0 Å². The molecule has 3 nitrogen and oxygen atoms in total. The fourth-order valence-corrected chi connectivity index (χ4v) is 3.10. The van der Waals surface area contributed by atoms with E-state index >= 15 is 0 Å². The molecular formula is C14H19NO2S. The molecule has 1 aliphatic heterocycles. The lowest BCUT2D eigenvalue weighted by Crippen LogP contribution is -2.24. The van der Waals surface area contributed by atoms with Crippen LogP contribution >= 0.6 is 11.8 Å². The molecule has 0 amide bonds. The molecule has 0 spiro atoms. The summed E-state index contributed by atoms with van der Waals surface area (Å²) in [6.07, 6.45) is 3.56. The minimum Gasteiger partial charge on any atom is -0.490 e. The smallest absolute Gasteiger partial charge is 0.162 e. The van der Waals surface area contributed by atoms with Gasteiger partial charge in [-0.2, -0.15) is 0 Å². The third-order valence-electron chi connectivity index (χ3n) is 3.39. The summed E-state index contributed by atoms with van der Waals surface area (Å²) >= 11 is 1.82. The molecule has 1 atom stereocenters. The Morgan fingerprint density at radius 1 is 1.22 bits per heavy atom. The van der Waals surface area contributed by atoms with Crippen molar-refractivity contribution in [3.8, 4) is 11.5 Å². The van der Waals surface area contributed by atoms with Gasteiger partial charge in [0.2, 0.25) is 0 Å². The number of ether oxygens (including phenoxy) is 2. The lowest BCUT2D eigenvalue weighted by atomic mass is 10.2. The van der Waals surface area contributed by atoms with Crippen LogP contribution in [0, 0.1) is 5.92 Å². The van der Waals surface area contributed by atoms with Gasteiger partial charge in [-0.3, -0.25) is 0 Å². The zero-order valence-corrected chi connectivity index (χ0v) is 11.2. The van der Waals surface area contributed by atoms with Crippen LogP contribution < -0.4 is 15.2 Å². The normalized spacial score (nSPS) is 20.3. The number of hydrogen-bond acceptors (Lipinski definition) is 4. The van der Waals surface area contributed by atoms with Crippen LogP contribution in [-0.4, -0.2) is 25.0 Å². The van der Waals surface area contributed by atoms with Gasteiger partial charge in [-0.1, -0.05) is 0 Å². The third kappa shape index (κ3) is 2.93. The van der Waals surface area contributed by atoms with Gasteiger partial charge in [-0.15, -0.1) is 11.8 Å². The van der Waals surface area contributed by atoms with Crippen molar-refractivity contribution in [2.45, 2.75) is 30.2 Å². The molecule has 98 valence electrons. The van der Waals surface area contributed by atoms with Crippen molar-refractivity contribution in [1.29, 1.82) is 0 Å². The predicted octanol–water partition coefficient (Wildman–Crippen LogP) is 2.68. The molecule has 1 unspecified atom stereocenters. The lowest BCUT2D eigenvalue weighted by Gasteiger charge is -2.11. The summed E-state index contributed by atoms with van der Waals surface area (Å²) < 4.78 is 11.3. The Balaban J connectivity index is 1.63. The van der Waals surface area contributed by atoms with Crippen LogP contribution in [0.1, 0.15) is 19.3 Å². The van der Waals surface area contributed by atoms with Crippen molar-refractivity contribution in [2.75, 3.05) is 19.0 Å². The van der Waals surface area contributed by atoms with E-state index in [9.17, 15) is 0 Å². The Labute approximate surface area is 112 Å². The van der Waals surface area contributed by atoms with Crippen molar-refractivity contribution in [2.24, 2.45) is 11.7 Å². The highest BCUT2D eigenvalue weighted by Gasteiger charge is 2.28. The Kier molecular flexibility index (Phi) is 3.66. The van der Waals surface area contributed by atoms with E-state index in [1.165, 1.54) is 17.7 Å². The standard InChI is InChI=1S/C14H19NO2S/c15-12(10-2-3-10)9-18-11-4-5-13-14(8-11)17-7-1-6-16-13/h4-5,8,10,12H,1-3,6-7,9,15H2. The molecule has 1 aliphatic carbocycles. The molecule has 3 rings (SSSR count). The maximum Gasteiger partial charge on any atom is 0.162 e. The molecule has 1 aromatic carbocycles. The topological polar surface area (TPSA) is 44.5 Å². The molecule has 0 aromatic heterocycles. The van der Waals surface area contributed by atoms with E-state index < -0.39 is 0 Å². The molecule has 18 heavy (non-hydrogen) atoms. The first-order valence-corrected chi connectivity index (χ1v) is 7.59. The minimum atomic E-state index is 0.339. The number of fused-ring (bicyclic) bond motifs is 1. The molecule has 1 aromatic rings. The highest BCUT2D eigenvalue weighted by molar-refractivity contribution is 7.99. The first-order valence-electron chi connectivity index (χ1n) is 6.61. The van der Waals surface area contributed by atoms with Crippen molar-refractivity contribution >= 4 is 11.8 Å². The number of rotatable bonds is 4. The van der Waals surface area contributed by atoms with E-state index in [4.69, 9.17) is 15.2 Å². The number of hydrogen-bond donors (Lipinski definition) is 1. The largest absolute Gasteiger partial charge is 0.490 e. The third-order valence-corrected chi connectivity index (χ3v) is 4.53. The molecule has 2 aliphatic rings. The summed E-state index contributed by atoms with van der Waals surface area (Å²) in [5.74, 6) is 3.49. The molecule has 1 fully saturated rings. The van der Waals surface area contributed by atoms with Crippen LogP contribution in [0.25, 0.3) is 0 Å². The first kappa shape index (κ1) is 12.2. The number of benzene rings is 1. The lowest BCUT2D eigenvalue weighted by molar-refractivity contribution is 0.297. The van der Waals surface area contributed by atoms with Crippen molar-refractivity contribution in [3.63, 3.8) is 0 Å². The summed E-state index contributed by atoms with van der Waals surface area (Å²) in [7, 11) is 0. The second-order valence-corrected chi connectivity index (χ2v) is 6.06. The molecule has 0 radical (unpaired) electrons. The van der Waals surface area contributed by atoms with Crippen molar-refractivity contribution < 1.29 is 9.47 Å². The van der Waals surface area contributed by atoms with Crippen molar-refractivity contribution in [3.05, 3.63) is 18.2 Å². The highest BCUT2D eigenvalue weighted by Crippen LogP contribution is 2.36. The van der Waals surface area contributed by atoms with E-state index in [-0.39, 0.29) is 0 Å². The number of thioether (sulfide) groups is 1. The van der Waals surface area contributed by atoms with Gasteiger partial charge in [0.05, 0.1) is 13.2 Å². The minimum absolute atomic E-state index is 0.339. The van der Waals surface area contributed by atoms with Gasteiger partial charge in [-0.05, 0) is 37.0 Å². The van der Waals surface area contributed by atoms with E-state index in [1.54, 1.807) is 0 Å². The Bertz CT molecular complexity index is 420. The first-order chi connectivity index (χ1) is 8.83. The molecular weight excluding hydrogens is 246 g/mol. The SMILES string of the molecule is NC(CSc1ccc2c(c1)OCCCO2)C1CC1. The molecule has 1 heterocycles. The van der Waals surface area contributed by atoms with E-state index in [0.29, 0.717) is 6.04 Å². The van der Waals surface area contributed by atoms with Gasteiger partial charge in [0, 0.05) is 23.1 Å². The monoisotopic (exact) mass is 265 g/mol. The fourth-order valence-electron chi connectivity index (χ4n) is 2.09. The molecule has 0 bridgehead atoms. The van der Waals surface area contributed by atoms with E-state index in [2.05, 4.69) is 12.1 Å². The maximum absolute atomic E-state index is 6.11. The Hall–Kier alpha value is -0.870. The zero-order chi connectivity index (χ0) is 12.4. The summed E-state index contributed by atoms with van der Waals surface area (Å²) in [5, 5.41) is 0. The maximum atomic E-state index is 6.11. The van der Waals surface area contributed by atoms with Crippen molar-refractivity contribution in [1.82, 2.24) is 0 Å². The van der Waals surface area contributed by atoms with Crippen LogP contribution in [0.4, 0.5) is 0 Å². The zero-order valence-electron chi connectivity index (χ0n) is 10.4. The second kappa shape index (κ2) is 5.41. The van der Waals surface area contributed by atoms with Gasteiger partial charge in [0.15, 0.2) is 11.5 Å². The molecule has 1 saturated carbocycles.